The van der Waals surface area contributed by atoms with E-state index in [1.54, 1.807) is 6.26 Å². The molecule has 0 spiro atoms. The van der Waals surface area contributed by atoms with Crippen molar-refractivity contribution in [3.63, 3.8) is 0 Å². The Morgan fingerprint density at radius 2 is 2.03 bits per heavy atom. The van der Waals surface area contributed by atoms with E-state index in [2.05, 4.69) is 22.3 Å². The highest BCUT2D eigenvalue weighted by Crippen LogP contribution is 2.28. The van der Waals surface area contributed by atoms with Crippen LogP contribution in [0.1, 0.15) is 22.3 Å². The summed E-state index contributed by atoms with van der Waals surface area (Å²) in [6, 6.07) is 14.3. The molecule has 1 atom stereocenters. The van der Waals surface area contributed by atoms with Gasteiger partial charge in [0.25, 0.3) is 11.6 Å². The Hall–Kier alpha value is -2.91. The number of carbonyl (C=O) groups excluding carboxylic acids is 2. The Morgan fingerprint density at radius 1 is 1.27 bits per heavy atom. The molecule has 1 heterocycles. The maximum absolute atomic E-state index is 12.2. The van der Waals surface area contributed by atoms with Gasteiger partial charge in [-0.2, -0.15) is 0 Å². The average Bonchev–Trinajstić information content (AvgIpc) is 3.18. The number of carbonyl (C=O) groups is 2. The van der Waals surface area contributed by atoms with Crippen LogP contribution in [0.3, 0.4) is 0 Å². The smallest absolute Gasteiger partial charge is 0.338 e. The summed E-state index contributed by atoms with van der Waals surface area (Å²) in [6.07, 6.45) is 2.55. The fraction of sp³-hybridized carbons (Fsp3) is 0.333. The molecular formula is C21H23N3O5S. The van der Waals surface area contributed by atoms with Gasteiger partial charge < -0.3 is 10.1 Å². The topological polar surface area (TPSA) is 102 Å². The molecule has 1 N–H and O–H groups in total. The molecule has 1 aliphatic rings. The van der Waals surface area contributed by atoms with E-state index in [1.165, 1.54) is 35.5 Å². The number of rotatable bonds is 8. The first-order valence-corrected chi connectivity index (χ1v) is 10.7. The molecular weight excluding hydrogens is 406 g/mol. The minimum atomic E-state index is -0.766. The van der Waals surface area contributed by atoms with Crippen molar-refractivity contribution in [1.29, 1.82) is 0 Å². The SMILES string of the molecule is CSc1ccc(C(=O)OCC(=O)NC2CCN(Cc3ccccc3)C2)cc1[N+](=O)[O-]. The van der Waals surface area contributed by atoms with Crippen LogP contribution in [0.5, 0.6) is 0 Å². The number of nitro groups is 1. The van der Waals surface area contributed by atoms with Gasteiger partial charge >= 0.3 is 5.97 Å². The Balaban J connectivity index is 1.46. The van der Waals surface area contributed by atoms with E-state index < -0.39 is 17.5 Å². The van der Waals surface area contributed by atoms with Crippen LogP contribution in [0, 0.1) is 10.1 Å². The second-order valence-corrected chi connectivity index (χ2v) is 7.84. The first-order chi connectivity index (χ1) is 14.5. The number of hydrogen-bond acceptors (Lipinski definition) is 7. The maximum atomic E-state index is 12.2. The van der Waals surface area contributed by atoms with E-state index in [4.69, 9.17) is 4.74 Å². The number of nitrogens with one attached hydrogen (secondary N) is 1. The van der Waals surface area contributed by atoms with Gasteiger partial charge in [0, 0.05) is 31.7 Å². The minimum Gasteiger partial charge on any atom is -0.452 e. The van der Waals surface area contributed by atoms with Crippen LogP contribution in [0.4, 0.5) is 5.69 Å². The second-order valence-electron chi connectivity index (χ2n) is 6.99. The summed E-state index contributed by atoms with van der Waals surface area (Å²) in [7, 11) is 0. The van der Waals surface area contributed by atoms with Gasteiger partial charge in [-0.25, -0.2) is 4.79 Å². The van der Waals surface area contributed by atoms with Crippen molar-refractivity contribution in [3.05, 3.63) is 69.8 Å². The molecule has 2 aromatic rings. The van der Waals surface area contributed by atoms with E-state index in [-0.39, 0.29) is 23.2 Å². The Bertz CT molecular complexity index is 922. The van der Waals surface area contributed by atoms with Crippen LogP contribution in [0.25, 0.3) is 0 Å². The van der Waals surface area contributed by atoms with Crippen LogP contribution in [0.15, 0.2) is 53.4 Å². The predicted octanol–water partition coefficient (Wildman–Crippen LogP) is 2.86. The molecule has 1 saturated heterocycles. The van der Waals surface area contributed by atoms with Crippen molar-refractivity contribution in [2.75, 3.05) is 26.0 Å². The van der Waals surface area contributed by atoms with Gasteiger partial charge in [-0.3, -0.25) is 19.8 Å². The molecule has 30 heavy (non-hydrogen) atoms. The largest absolute Gasteiger partial charge is 0.452 e. The number of ether oxygens (including phenoxy) is 1. The van der Waals surface area contributed by atoms with Crippen LogP contribution >= 0.6 is 11.8 Å². The monoisotopic (exact) mass is 429 g/mol. The quantitative estimate of drug-likeness (QED) is 0.298. The van der Waals surface area contributed by atoms with Crippen LogP contribution in [0.2, 0.25) is 0 Å². The van der Waals surface area contributed by atoms with E-state index in [0.717, 1.165) is 26.1 Å². The number of esters is 1. The zero-order valence-electron chi connectivity index (χ0n) is 16.6. The van der Waals surface area contributed by atoms with Gasteiger partial charge in [0.15, 0.2) is 6.61 Å². The predicted molar refractivity (Wildman–Crippen MR) is 113 cm³/mol. The van der Waals surface area contributed by atoms with Crippen LogP contribution < -0.4 is 5.32 Å². The van der Waals surface area contributed by atoms with Crippen molar-refractivity contribution in [1.82, 2.24) is 10.2 Å². The molecule has 158 valence electrons. The summed E-state index contributed by atoms with van der Waals surface area (Å²) >= 11 is 1.22. The first-order valence-electron chi connectivity index (χ1n) is 9.51. The highest BCUT2D eigenvalue weighted by molar-refractivity contribution is 7.98. The van der Waals surface area contributed by atoms with Gasteiger partial charge in [-0.1, -0.05) is 30.3 Å². The first kappa shape index (κ1) is 21.8. The lowest BCUT2D eigenvalue weighted by Gasteiger charge is -2.16. The summed E-state index contributed by atoms with van der Waals surface area (Å²) in [5, 5.41) is 14.0. The summed E-state index contributed by atoms with van der Waals surface area (Å²) in [6.45, 7) is 2.01. The van der Waals surface area contributed by atoms with Crippen molar-refractivity contribution >= 4 is 29.3 Å². The summed E-state index contributed by atoms with van der Waals surface area (Å²) in [5.74, 6) is -1.15. The lowest BCUT2D eigenvalue weighted by Crippen LogP contribution is -2.39. The molecule has 2 aromatic carbocycles. The second kappa shape index (κ2) is 10.2. The Labute approximate surface area is 178 Å². The molecule has 0 aliphatic carbocycles. The fourth-order valence-electron chi connectivity index (χ4n) is 3.38. The van der Waals surface area contributed by atoms with Gasteiger partial charge in [-0.15, -0.1) is 11.8 Å². The molecule has 9 heteroatoms. The highest BCUT2D eigenvalue weighted by atomic mass is 32.2. The third-order valence-corrected chi connectivity index (χ3v) is 5.62. The number of nitrogens with zero attached hydrogens (tertiary/aromatic N) is 2. The zero-order valence-corrected chi connectivity index (χ0v) is 17.4. The van der Waals surface area contributed by atoms with Gasteiger partial charge in [-0.05, 0) is 30.4 Å². The van der Waals surface area contributed by atoms with Gasteiger partial charge in [0.05, 0.1) is 15.4 Å². The number of nitro benzene ring substituents is 1. The molecule has 1 amide bonds. The summed E-state index contributed by atoms with van der Waals surface area (Å²) in [4.78, 5) is 37.6. The molecule has 3 rings (SSSR count). The molecule has 0 radical (unpaired) electrons. The van der Waals surface area contributed by atoms with E-state index in [0.29, 0.717) is 4.90 Å². The minimum absolute atomic E-state index is 0.00173. The molecule has 1 aliphatic heterocycles. The van der Waals surface area contributed by atoms with E-state index in [9.17, 15) is 19.7 Å². The van der Waals surface area contributed by atoms with Crippen molar-refractivity contribution < 1.29 is 19.2 Å². The summed E-state index contributed by atoms with van der Waals surface area (Å²) in [5.41, 5.74) is 1.10. The molecule has 8 nitrogen and oxygen atoms in total. The standard InChI is InChI=1S/C21H23N3O5S/c1-30-19-8-7-16(11-18(19)24(27)28)21(26)29-14-20(25)22-17-9-10-23(13-17)12-15-5-3-2-4-6-15/h2-8,11,17H,9-10,12-14H2,1H3,(H,22,25). The van der Waals surface area contributed by atoms with Crippen molar-refractivity contribution in [2.45, 2.75) is 23.9 Å². The number of benzene rings is 2. The van der Waals surface area contributed by atoms with Crippen LogP contribution in [-0.4, -0.2) is 53.7 Å². The van der Waals surface area contributed by atoms with E-state index >= 15 is 0 Å². The number of likely N-dealkylation sites (tertiary alicyclic amines) is 1. The summed E-state index contributed by atoms with van der Waals surface area (Å²) < 4.78 is 5.04. The Kier molecular flexibility index (Phi) is 7.42. The highest BCUT2D eigenvalue weighted by Gasteiger charge is 2.24. The van der Waals surface area contributed by atoms with Crippen molar-refractivity contribution in [2.24, 2.45) is 0 Å². The Morgan fingerprint density at radius 3 is 2.73 bits per heavy atom. The van der Waals surface area contributed by atoms with Crippen molar-refractivity contribution in [3.8, 4) is 0 Å². The molecule has 1 unspecified atom stereocenters. The van der Waals surface area contributed by atoms with Gasteiger partial charge in [0.1, 0.15) is 0 Å². The number of thioether (sulfide) groups is 1. The number of amides is 1. The third-order valence-electron chi connectivity index (χ3n) is 4.83. The van der Waals surface area contributed by atoms with Crippen LogP contribution in [-0.2, 0) is 16.1 Å². The lowest BCUT2D eigenvalue weighted by molar-refractivity contribution is -0.387. The zero-order chi connectivity index (χ0) is 21.5. The normalized spacial score (nSPS) is 16.2. The maximum Gasteiger partial charge on any atom is 0.338 e. The molecule has 0 bridgehead atoms. The molecule has 1 fully saturated rings. The fourth-order valence-corrected chi connectivity index (χ4v) is 3.93. The lowest BCUT2D eigenvalue weighted by atomic mass is 10.2. The number of hydrogen-bond donors (Lipinski definition) is 1. The van der Waals surface area contributed by atoms with Gasteiger partial charge in [0.2, 0.25) is 0 Å². The molecule has 0 saturated carbocycles. The molecule has 0 aromatic heterocycles. The van der Waals surface area contributed by atoms with E-state index in [1.807, 2.05) is 18.2 Å². The average molecular weight is 429 g/mol. The third kappa shape index (κ3) is 5.80.